The summed E-state index contributed by atoms with van der Waals surface area (Å²) in [6, 6.07) is 11.1. The van der Waals surface area contributed by atoms with E-state index in [1.54, 1.807) is 24.3 Å². The zero-order valence-corrected chi connectivity index (χ0v) is 13.2. The number of hydrogen-bond acceptors (Lipinski definition) is 6. The van der Waals surface area contributed by atoms with Crippen molar-refractivity contribution in [1.82, 2.24) is 0 Å². The van der Waals surface area contributed by atoms with Crippen molar-refractivity contribution in [3.63, 3.8) is 0 Å². The Hall–Kier alpha value is -2.99. The van der Waals surface area contributed by atoms with Crippen LogP contribution in [0.4, 0.5) is 4.79 Å². The summed E-state index contributed by atoms with van der Waals surface area (Å²) in [5, 5.41) is 0.649. The fraction of sp³-hybridized carbons (Fsp3) is 0.0588. The van der Waals surface area contributed by atoms with E-state index in [9.17, 15) is 9.59 Å². The minimum Gasteiger partial charge on any atom is -0.460 e. The van der Waals surface area contributed by atoms with Gasteiger partial charge < -0.3 is 18.6 Å². The van der Waals surface area contributed by atoms with Gasteiger partial charge in [-0.1, -0.05) is 23.7 Å². The van der Waals surface area contributed by atoms with Crippen molar-refractivity contribution in [2.24, 2.45) is 0 Å². The molecule has 0 N–H and O–H groups in total. The Kier molecular flexibility index (Phi) is 4.39. The van der Waals surface area contributed by atoms with E-state index >= 15 is 0 Å². The number of carbonyl (C=O) groups excluding carboxylic acids is 1. The van der Waals surface area contributed by atoms with Crippen molar-refractivity contribution in [2.45, 2.75) is 0 Å². The third kappa shape index (κ3) is 3.18. The summed E-state index contributed by atoms with van der Waals surface area (Å²) in [7, 11) is 1.20. The van der Waals surface area contributed by atoms with Gasteiger partial charge in [-0.15, -0.1) is 0 Å². The van der Waals surface area contributed by atoms with Gasteiger partial charge in [-0.25, -0.2) is 4.79 Å². The average molecular weight is 347 g/mol. The summed E-state index contributed by atoms with van der Waals surface area (Å²) in [4.78, 5) is 23.6. The molecule has 0 bridgehead atoms. The van der Waals surface area contributed by atoms with E-state index in [0.29, 0.717) is 10.8 Å². The number of methoxy groups -OCH3 is 1. The zero-order chi connectivity index (χ0) is 17.1. The largest absolute Gasteiger partial charge is 0.513 e. The van der Waals surface area contributed by atoms with E-state index < -0.39 is 6.16 Å². The molecule has 0 spiro atoms. The Balaban J connectivity index is 1.96. The second-order valence-electron chi connectivity index (χ2n) is 4.68. The van der Waals surface area contributed by atoms with E-state index in [-0.39, 0.29) is 27.9 Å². The molecule has 3 rings (SSSR count). The van der Waals surface area contributed by atoms with Gasteiger partial charge in [-0.2, -0.15) is 0 Å². The summed E-state index contributed by atoms with van der Waals surface area (Å²) in [6.07, 6.45) is 0.311. The molecular weight excluding hydrogens is 336 g/mol. The second-order valence-corrected chi connectivity index (χ2v) is 5.08. The van der Waals surface area contributed by atoms with Gasteiger partial charge in [0.25, 0.3) is 0 Å². The molecular formula is C17H11ClO6. The fourth-order valence-electron chi connectivity index (χ4n) is 2.01. The van der Waals surface area contributed by atoms with Gasteiger partial charge >= 0.3 is 6.16 Å². The van der Waals surface area contributed by atoms with E-state index in [1.807, 2.05) is 0 Å². The molecule has 0 aliphatic rings. The molecule has 1 aromatic heterocycles. The second kappa shape index (κ2) is 6.64. The van der Waals surface area contributed by atoms with Crippen LogP contribution in [0.15, 0.2) is 57.9 Å². The molecule has 122 valence electrons. The van der Waals surface area contributed by atoms with E-state index in [0.717, 1.165) is 0 Å². The SMILES string of the molecule is COC(=O)Oc1ccc2c(=O)c(Oc3ccccc3Cl)coc2c1. The normalized spacial score (nSPS) is 10.4. The van der Waals surface area contributed by atoms with Crippen molar-refractivity contribution in [1.29, 1.82) is 0 Å². The molecule has 24 heavy (non-hydrogen) atoms. The molecule has 0 saturated carbocycles. The first-order valence-corrected chi connectivity index (χ1v) is 7.20. The van der Waals surface area contributed by atoms with Gasteiger partial charge in [0.1, 0.15) is 23.3 Å². The molecule has 0 unspecified atom stereocenters. The van der Waals surface area contributed by atoms with Gasteiger partial charge in [0, 0.05) is 6.07 Å². The number of hydrogen-bond donors (Lipinski definition) is 0. The molecule has 0 radical (unpaired) electrons. The van der Waals surface area contributed by atoms with Gasteiger partial charge in [0.2, 0.25) is 11.2 Å². The lowest BCUT2D eigenvalue weighted by molar-refractivity contribution is 0.121. The molecule has 3 aromatic rings. The summed E-state index contributed by atoms with van der Waals surface area (Å²) < 4.78 is 20.2. The van der Waals surface area contributed by atoms with Crippen LogP contribution in [0.3, 0.4) is 0 Å². The summed E-state index contributed by atoms with van der Waals surface area (Å²) >= 11 is 6.01. The van der Waals surface area contributed by atoms with Gasteiger partial charge in [-0.3, -0.25) is 4.79 Å². The lowest BCUT2D eigenvalue weighted by atomic mass is 10.2. The smallest absolute Gasteiger partial charge is 0.460 e. The highest BCUT2D eigenvalue weighted by atomic mass is 35.5. The highest BCUT2D eigenvalue weighted by Crippen LogP contribution is 2.28. The van der Waals surface area contributed by atoms with Crippen LogP contribution in [0.25, 0.3) is 11.0 Å². The maximum atomic E-state index is 12.5. The predicted octanol–water partition coefficient (Wildman–Crippen LogP) is 4.38. The minimum atomic E-state index is -0.865. The maximum Gasteiger partial charge on any atom is 0.513 e. The number of carbonyl (C=O) groups is 1. The molecule has 0 atom stereocenters. The van der Waals surface area contributed by atoms with Crippen LogP contribution in [0, 0.1) is 0 Å². The Bertz CT molecular complexity index is 963. The first kappa shape index (κ1) is 15.9. The highest BCUT2D eigenvalue weighted by Gasteiger charge is 2.12. The minimum absolute atomic E-state index is 0.00256. The van der Waals surface area contributed by atoms with Crippen LogP contribution in [-0.2, 0) is 4.74 Å². The lowest BCUT2D eigenvalue weighted by Gasteiger charge is -2.07. The van der Waals surface area contributed by atoms with Crippen molar-refractivity contribution >= 4 is 28.7 Å². The molecule has 1 heterocycles. The Morgan fingerprint density at radius 2 is 1.92 bits per heavy atom. The molecule has 0 amide bonds. The molecule has 7 heteroatoms. The van der Waals surface area contributed by atoms with E-state index in [1.165, 1.54) is 31.6 Å². The number of benzene rings is 2. The monoisotopic (exact) mass is 346 g/mol. The number of halogens is 1. The molecule has 0 aliphatic heterocycles. The van der Waals surface area contributed by atoms with Gasteiger partial charge in [0.15, 0.2) is 0 Å². The molecule has 6 nitrogen and oxygen atoms in total. The molecule has 0 saturated heterocycles. The van der Waals surface area contributed by atoms with Gasteiger partial charge in [-0.05, 0) is 24.3 Å². The Morgan fingerprint density at radius 1 is 1.12 bits per heavy atom. The fourth-order valence-corrected chi connectivity index (χ4v) is 2.18. The van der Waals surface area contributed by atoms with Crippen LogP contribution < -0.4 is 14.9 Å². The molecule has 0 fully saturated rings. The number of fused-ring (bicyclic) bond motifs is 1. The third-order valence-corrected chi connectivity index (χ3v) is 3.45. The van der Waals surface area contributed by atoms with Crippen LogP contribution in [0.2, 0.25) is 5.02 Å². The number of ether oxygens (including phenoxy) is 3. The number of para-hydroxylation sites is 1. The van der Waals surface area contributed by atoms with Crippen molar-refractivity contribution in [3.8, 4) is 17.2 Å². The number of rotatable bonds is 3. The third-order valence-electron chi connectivity index (χ3n) is 3.14. The van der Waals surface area contributed by atoms with E-state index in [2.05, 4.69) is 4.74 Å². The summed E-state index contributed by atoms with van der Waals surface area (Å²) in [5.74, 6) is 0.533. The topological polar surface area (TPSA) is 75.0 Å². The zero-order valence-electron chi connectivity index (χ0n) is 12.4. The first-order chi connectivity index (χ1) is 11.6. The van der Waals surface area contributed by atoms with E-state index in [4.69, 9.17) is 25.5 Å². The maximum absolute atomic E-state index is 12.5. The van der Waals surface area contributed by atoms with Gasteiger partial charge in [0.05, 0.1) is 17.5 Å². The Labute approximate surface area is 141 Å². The van der Waals surface area contributed by atoms with Crippen LogP contribution in [0.5, 0.6) is 17.2 Å². The van der Waals surface area contributed by atoms with Crippen LogP contribution in [0.1, 0.15) is 0 Å². The highest BCUT2D eigenvalue weighted by molar-refractivity contribution is 6.32. The molecule has 2 aromatic carbocycles. The quantitative estimate of drug-likeness (QED) is 0.517. The van der Waals surface area contributed by atoms with Crippen molar-refractivity contribution < 1.29 is 23.4 Å². The summed E-state index contributed by atoms with van der Waals surface area (Å²) in [6.45, 7) is 0. The molecule has 0 aliphatic carbocycles. The van der Waals surface area contributed by atoms with Crippen molar-refractivity contribution in [3.05, 3.63) is 64.0 Å². The Morgan fingerprint density at radius 3 is 2.67 bits per heavy atom. The lowest BCUT2D eigenvalue weighted by Crippen LogP contribution is -2.08. The summed E-state index contributed by atoms with van der Waals surface area (Å²) in [5.41, 5.74) is -0.131. The van der Waals surface area contributed by atoms with Crippen LogP contribution >= 0.6 is 11.6 Å². The predicted molar refractivity (Wildman–Crippen MR) is 87.0 cm³/mol. The van der Waals surface area contributed by atoms with Crippen molar-refractivity contribution in [2.75, 3.05) is 7.11 Å². The van der Waals surface area contributed by atoms with Crippen LogP contribution in [-0.4, -0.2) is 13.3 Å². The average Bonchev–Trinajstić information content (AvgIpc) is 2.59. The first-order valence-electron chi connectivity index (χ1n) is 6.82. The standard InChI is InChI=1S/C17H11ClO6/c1-21-17(20)23-10-6-7-11-14(8-10)22-9-15(16(11)19)24-13-5-3-2-4-12(13)18/h2-9H,1H3.